The molecule has 7 heteroatoms. The topological polar surface area (TPSA) is 84.0 Å². The van der Waals surface area contributed by atoms with Gasteiger partial charge >= 0.3 is 0 Å². The number of aromatic nitrogens is 2. The van der Waals surface area contributed by atoms with E-state index in [4.69, 9.17) is 0 Å². The van der Waals surface area contributed by atoms with E-state index in [0.717, 1.165) is 4.47 Å². The minimum Gasteiger partial charge on any atom is -0.342 e. The molecule has 1 saturated heterocycles. The number of hydrogen-bond donors (Lipinski definition) is 2. The molecule has 1 unspecified atom stereocenters. The van der Waals surface area contributed by atoms with Crippen LogP contribution < -0.4 is 10.6 Å². The van der Waals surface area contributed by atoms with Gasteiger partial charge in [0, 0.05) is 18.8 Å². The molecule has 1 atom stereocenters. The van der Waals surface area contributed by atoms with Gasteiger partial charge < -0.3 is 5.32 Å². The Morgan fingerprint density at radius 3 is 2.69 bits per heavy atom. The van der Waals surface area contributed by atoms with Crippen molar-refractivity contribution in [1.82, 2.24) is 15.3 Å². The molecule has 2 amide bonds. The largest absolute Gasteiger partial charge is 0.342 e. The first kappa shape index (κ1) is 11.0. The van der Waals surface area contributed by atoms with E-state index in [1.54, 1.807) is 12.4 Å². The fourth-order valence-corrected chi connectivity index (χ4v) is 1.58. The van der Waals surface area contributed by atoms with Crippen LogP contribution in [0.1, 0.15) is 12.8 Å². The van der Waals surface area contributed by atoms with E-state index >= 15 is 0 Å². The molecule has 1 aromatic heterocycles. The van der Waals surface area contributed by atoms with Gasteiger partial charge in [0.05, 0.1) is 4.47 Å². The Hall–Kier alpha value is -1.50. The number of amides is 2. The van der Waals surface area contributed by atoms with Gasteiger partial charge in [0.25, 0.3) is 0 Å². The van der Waals surface area contributed by atoms with Gasteiger partial charge in [-0.05, 0) is 22.4 Å². The highest BCUT2D eigenvalue weighted by atomic mass is 79.9. The first-order valence-electron chi connectivity index (χ1n) is 4.73. The molecule has 1 aliphatic rings. The number of carbonyl (C=O) groups excluding carboxylic acids is 2. The summed E-state index contributed by atoms with van der Waals surface area (Å²) in [5, 5.41) is 5.13. The lowest BCUT2D eigenvalue weighted by molar-refractivity contribution is -0.133. The Balaban J connectivity index is 2.02. The summed E-state index contributed by atoms with van der Waals surface area (Å²) in [5.41, 5.74) is 0. The van der Waals surface area contributed by atoms with Crippen LogP contribution in [0.25, 0.3) is 0 Å². The second-order valence-electron chi connectivity index (χ2n) is 3.37. The van der Waals surface area contributed by atoms with Gasteiger partial charge in [-0.25, -0.2) is 9.97 Å². The number of hydrogen-bond acceptors (Lipinski definition) is 5. The molecule has 6 nitrogen and oxygen atoms in total. The molecule has 0 radical (unpaired) electrons. The van der Waals surface area contributed by atoms with E-state index < -0.39 is 6.04 Å². The van der Waals surface area contributed by atoms with Crippen LogP contribution in [0.3, 0.4) is 0 Å². The molecule has 84 valence electrons. The molecular weight excluding hydrogens is 276 g/mol. The Morgan fingerprint density at radius 2 is 2.06 bits per heavy atom. The average Bonchev–Trinajstić information content (AvgIpc) is 2.25. The summed E-state index contributed by atoms with van der Waals surface area (Å²) in [5.74, 6) is -0.194. The zero-order valence-corrected chi connectivity index (χ0v) is 9.82. The van der Waals surface area contributed by atoms with E-state index in [-0.39, 0.29) is 11.8 Å². The Labute approximate surface area is 100.0 Å². The van der Waals surface area contributed by atoms with E-state index in [0.29, 0.717) is 18.8 Å². The summed E-state index contributed by atoms with van der Waals surface area (Å²) in [6.07, 6.45) is 3.96. The number of halogens is 1. The fourth-order valence-electron chi connectivity index (χ4n) is 1.37. The maximum atomic E-state index is 11.4. The third kappa shape index (κ3) is 2.54. The van der Waals surface area contributed by atoms with E-state index in [2.05, 4.69) is 36.5 Å². The van der Waals surface area contributed by atoms with Gasteiger partial charge in [-0.2, -0.15) is 0 Å². The Kier molecular flexibility index (Phi) is 3.14. The molecule has 1 aromatic rings. The van der Waals surface area contributed by atoms with Crippen LogP contribution >= 0.6 is 15.9 Å². The first-order valence-corrected chi connectivity index (χ1v) is 5.52. The molecule has 2 heterocycles. The highest BCUT2D eigenvalue weighted by molar-refractivity contribution is 9.10. The summed E-state index contributed by atoms with van der Waals surface area (Å²) < 4.78 is 0.765. The maximum Gasteiger partial charge on any atom is 0.249 e. The third-order valence-electron chi connectivity index (χ3n) is 2.16. The number of imide groups is 1. The summed E-state index contributed by atoms with van der Waals surface area (Å²) >= 11 is 3.21. The van der Waals surface area contributed by atoms with Crippen LogP contribution in [0.4, 0.5) is 5.95 Å². The molecule has 2 rings (SSSR count). The SMILES string of the molecule is O=C1CCC(Nc2ncc(Br)cn2)C(=O)N1. The zero-order valence-electron chi connectivity index (χ0n) is 8.24. The summed E-state index contributed by atoms with van der Waals surface area (Å²) in [6, 6.07) is -0.445. The van der Waals surface area contributed by atoms with Crippen molar-refractivity contribution in [2.45, 2.75) is 18.9 Å². The highest BCUT2D eigenvalue weighted by Crippen LogP contribution is 2.11. The molecule has 2 N–H and O–H groups in total. The molecular formula is C9H9BrN4O2. The lowest BCUT2D eigenvalue weighted by Gasteiger charge is -2.21. The van der Waals surface area contributed by atoms with Crippen molar-refractivity contribution in [2.75, 3.05) is 5.32 Å². The molecule has 16 heavy (non-hydrogen) atoms. The average molecular weight is 285 g/mol. The van der Waals surface area contributed by atoms with Gasteiger partial charge in [0.15, 0.2) is 0 Å². The standard InChI is InChI=1S/C9H9BrN4O2/c10-5-3-11-9(12-4-5)13-6-1-2-7(15)14-8(6)16/h3-4,6H,1-2H2,(H,11,12,13)(H,14,15,16). The summed E-state index contributed by atoms with van der Waals surface area (Å²) in [6.45, 7) is 0. The molecule has 0 saturated carbocycles. The van der Waals surface area contributed by atoms with E-state index in [9.17, 15) is 9.59 Å². The highest BCUT2D eigenvalue weighted by Gasteiger charge is 2.26. The van der Waals surface area contributed by atoms with Crippen LogP contribution in [0.5, 0.6) is 0 Å². The van der Waals surface area contributed by atoms with Crippen molar-refractivity contribution in [3.63, 3.8) is 0 Å². The second-order valence-corrected chi connectivity index (χ2v) is 4.29. The first-order chi connectivity index (χ1) is 7.65. The predicted octanol–water partition coefficient (Wildman–Crippen LogP) is 0.456. The Bertz CT molecular complexity index is 420. The van der Waals surface area contributed by atoms with Gasteiger partial charge in [0.1, 0.15) is 6.04 Å². The van der Waals surface area contributed by atoms with Crippen molar-refractivity contribution in [3.8, 4) is 0 Å². The van der Waals surface area contributed by atoms with Gasteiger partial charge in [-0.3, -0.25) is 14.9 Å². The van der Waals surface area contributed by atoms with Crippen LogP contribution in [0.15, 0.2) is 16.9 Å². The number of nitrogens with zero attached hydrogens (tertiary/aromatic N) is 2. The lowest BCUT2D eigenvalue weighted by atomic mass is 10.1. The quantitative estimate of drug-likeness (QED) is 0.771. The molecule has 0 spiro atoms. The van der Waals surface area contributed by atoms with Crippen molar-refractivity contribution < 1.29 is 9.59 Å². The van der Waals surface area contributed by atoms with Crippen LogP contribution in [0.2, 0.25) is 0 Å². The lowest BCUT2D eigenvalue weighted by Crippen LogP contribution is -2.47. The van der Waals surface area contributed by atoms with E-state index in [1.807, 2.05) is 0 Å². The maximum absolute atomic E-state index is 11.4. The van der Waals surface area contributed by atoms with Gasteiger partial charge in [-0.1, -0.05) is 0 Å². The molecule has 1 aliphatic heterocycles. The molecule has 0 aromatic carbocycles. The molecule has 0 bridgehead atoms. The number of nitrogens with one attached hydrogen (secondary N) is 2. The fraction of sp³-hybridized carbons (Fsp3) is 0.333. The van der Waals surface area contributed by atoms with Crippen LogP contribution in [0, 0.1) is 0 Å². The van der Waals surface area contributed by atoms with Crippen molar-refractivity contribution in [3.05, 3.63) is 16.9 Å². The predicted molar refractivity (Wildman–Crippen MR) is 59.5 cm³/mol. The summed E-state index contributed by atoms with van der Waals surface area (Å²) in [4.78, 5) is 30.3. The zero-order chi connectivity index (χ0) is 11.5. The minimum atomic E-state index is -0.445. The number of anilines is 1. The van der Waals surface area contributed by atoms with Crippen molar-refractivity contribution in [1.29, 1.82) is 0 Å². The Morgan fingerprint density at radius 1 is 1.38 bits per heavy atom. The van der Waals surface area contributed by atoms with Crippen LogP contribution in [-0.4, -0.2) is 27.8 Å². The minimum absolute atomic E-state index is 0.236. The number of rotatable bonds is 2. The second kappa shape index (κ2) is 4.56. The molecule has 0 aliphatic carbocycles. The normalized spacial score (nSPS) is 20.4. The van der Waals surface area contributed by atoms with E-state index in [1.165, 1.54) is 0 Å². The van der Waals surface area contributed by atoms with Gasteiger partial charge in [0.2, 0.25) is 17.8 Å². The van der Waals surface area contributed by atoms with Crippen LogP contribution in [-0.2, 0) is 9.59 Å². The monoisotopic (exact) mass is 284 g/mol. The molecule has 1 fully saturated rings. The van der Waals surface area contributed by atoms with Crippen molar-refractivity contribution >= 4 is 33.7 Å². The van der Waals surface area contributed by atoms with Crippen molar-refractivity contribution in [2.24, 2.45) is 0 Å². The summed E-state index contributed by atoms with van der Waals surface area (Å²) in [7, 11) is 0. The number of carbonyl (C=O) groups is 2. The van der Waals surface area contributed by atoms with Gasteiger partial charge in [-0.15, -0.1) is 0 Å². The third-order valence-corrected chi connectivity index (χ3v) is 2.57. The number of piperidine rings is 1. The smallest absolute Gasteiger partial charge is 0.249 e.